The first-order valence-electron chi connectivity index (χ1n) is 3.75. The van der Waals surface area contributed by atoms with Crippen molar-refractivity contribution in [2.45, 2.75) is 0 Å². The highest BCUT2D eigenvalue weighted by Gasteiger charge is 2.12. The smallest absolute Gasteiger partial charge is 0.231 e. The monoisotopic (exact) mass is 153 g/mol. The van der Waals surface area contributed by atoms with Crippen LogP contribution in [-0.2, 0) is 0 Å². The molecule has 0 saturated carbocycles. The maximum Gasteiger partial charge on any atom is 0.231 e. The van der Waals surface area contributed by atoms with Gasteiger partial charge in [-0.2, -0.15) is 0 Å². The van der Waals surface area contributed by atoms with E-state index in [2.05, 4.69) is 0 Å². The fourth-order valence-corrected chi connectivity index (χ4v) is 0.940. The van der Waals surface area contributed by atoms with Crippen LogP contribution in [0.4, 0.5) is 0 Å². The Morgan fingerprint density at radius 1 is 1.55 bits per heavy atom. The molecule has 0 aromatic heterocycles. The second-order valence-electron chi connectivity index (χ2n) is 2.14. The molecule has 1 heterocycles. The largest absolute Gasteiger partial charge is 0.497 e. The zero-order valence-corrected chi connectivity index (χ0v) is 6.09. The lowest BCUT2D eigenvalue weighted by atomic mass is 10.3. The van der Waals surface area contributed by atoms with Crippen LogP contribution in [0.25, 0.3) is 0 Å². The molecule has 0 aliphatic carbocycles. The quantitative estimate of drug-likeness (QED) is 0.610. The Labute approximate surface area is 65.9 Å². The van der Waals surface area contributed by atoms with Crippen molar-refractivity contribution in [2.24, 2.45) is 0 Å². The first-order valence-corrected chi connectivity index (χ1v) is 3.25. The zero-order chi connectivity index (χ0) is 8.55. The summed E-state index contributed by atoms with van der Waals surface area (Å²) in [6.45, 7) is 0.224. The van der Waals surface area contributed by atoms with Crippen LogP contribution in [0.3, 0.4) is 0 Å². The van der Waals surface area contributed by atoms with Crippen LogP contribution < -0.4 is 14.2 Å². The van der Waals surface area contributed by atoms with Gasteiger partial charge in [-0.1, -0.05) is 0 Å². The van der Waals surface area contributed by atoms with Gasteiger partial charge >= 0.3 is 0 Å². The summed E-state index contributed by atoms with van der Waals surface area (Å²) in [4.78, 5) is 0. The minimum absolute atomic E-state index is 0.224. The van der Waals surface area contributed by atoms with Crippen molar-refractivity contribution in [3.63, 3.8) is 0 Å². The van der Waals surface area contributed by atoms with Gasteiger partial charge in [-0.15, -0.1) is 0 Å². The standard InChI is InChI=1S/C8H8O3/c1-9-6-2-3-7-8(4-6)11-5-10-7/h2-4H,5H2,1H3/i2D. The van der Waals surface area contributed by atoms with E-state index in [1.165, 1.54) is 7.11 Å². The van der Waals surface area contributed by atoms with Crippen LogP contribution in [0.1, 0.15) is 1.37 Å². The average Bonchev–Trinajstić information content (AvgIpc) is 2.49. The lowest BCUT2D eigenvalue weighted by Gasteiger charge is -1.99. The minimum atomic E-state index is 0.224. The Morgan fingerprint density at radius 2 is 2.36 bits per heavy atom. The predicted molar refractivity (Wildman–Crippen MR) is 39.1 cm³/mol. The zero-order valence-electron chi connectivity index (χ0n) is 7.09. The van der Waals surface area contributed by atoms with E-state index in [1.807, 2.05) is 0 Å². The van der Waals surface area contributed by atoms with Crippen molar-refractivity contribution < 1.29 is 15.6 Å². The molecule has 2 rings (SSSR count). The summed E-state index contributed by atoms with van der Waals surface area (Å²) in [7, 11) is 1.52. The molecule has 0 fully saturated rings. The Hall–Kier alpha value is -1.38. The third-order valence-electron chi connectivity index (χ3n) is 1.50. The van der Waals surface area contributed by atoms with Crippen molar-refractivity contribution in [2.75, 3.05) is 13.9 Å². The number of hydrogen-bond donors (Lipinski definition) is 0. The molecule has 0 N–H and O–H groups in total. The topological polar surface area (TPSA) is 27.7 Å². The molecule has 11 heavy (non-hydrogen) atoms. The van der Waals surface area contributed by atoms with Crippen LogP contribution in [-0.4, -0.2) is 13.9 Å². The lowest BCUT2D eigenvalue weighted by molar-refractivity contribution is 0.174. The lowest BCUT2D eigenvalue weighted by Crippen LogP contribution is -1.92. The second-order valence-corrected chi connectivity index (χ2v) is 2.14. The van der Waals surface area contributed by atoms with E-state index in [0.29, 0.717) is 23.3 Å². The molecule has 0 saturated heterocycles. The molecule has 3 heteroatoms. The van der Waals surface area contributed by atoms with Crippen molar-refractivity contribution >= 4 is 0 Å². The van der Waals surface area contributed by atoms with Crippen molar-refractivity contribution in [1.82, 2.24) is 0 Å². The summed E-state index contributed by atoms with van der Waals surface area (Å²) in [5.41, 5.74) is 0. The normalized spacial score (nSPS) is 14.5. The SMILES string of the molecule is [2H]c1cc2c(cc1OC)OCO2. The second kappa shape index (κ2) is 2.34. The van der Waals surface area contributed by atoms with Crippen LogP contribution in [0.15, 0.2) is 18.2 Å². The maximum atomic E-state index is 7.48. The molecule has 0 amide bonds. The third-order valence-corrected chi connectivity index (χ3v) is 1.50. The van der Waals surface area contributed by atoms with Crippen molar-refractivity contribution in [1.29, 1.82) is 0 Å². The number of benzene rings is 1. The summed E-state index contributed by atoms with van der Waals surface area (Å²) in [5.74, 6) is 1.75. The van der Waals surface area contributed by atoms with Gasteiger partial charge in [0.15, 0.2) is 11.5 Å². The highest BCUT2D eigenvalue weighted by molar-refractivity contribution is 5.46. The molecular formula is C8H8O3. The summed E-state index contributed by atoms with van der Waals surface area (Å²) >= 11 is 0. The van der Waals surface area contributed by atoms with E-state index in [9.17, 15) is 0 Å². The van der Waals surface area contributed by atoms with Gasteiger partial charge in [0, 0.05) is 6.07 Å². The third kappa shape index (κ3) is 0.981. The minimum Gasteiger partial charge on any atom is -0.497 e. The molecule has 1 aromatic rings. The summed E-state index contributed by atoms with van der Waals surface area (Å²) in [6.07, 6.45) is 0. The van der Waals surface area contributed by atoms with Gasteiger partial charge in [-0.25, -0.2) is 0 Å². The van der Waals surface area contributed by atoms with E-state index < -0.39 is 0 Å². The Morgan fingerprint density at radius 3 is 3.18 bits per heavy atom. The average molecular weight is 153 g/mol. The van der Waals surface area contributed by atoms with E-state index in [0.717, 1.165) is 0 Å². The number of hydrogen-bond acceptors (Lipinski definition) is 3. The van der Waals surface area contributed by atoms with Crippen LogP contribution in [0.5, 0.6) is 17.2 Å². The number of rotatable bonds is 1. The Balaban J connectivity index is 2.49. The van der Waals surface area contributed by atoms with Gasteiger partial charge in [0.1, 0.15) is 5.75 Å². The van der Waals surface area contributed by atoms with E-state index in [-0.39, 0.29) is 6.79 Å². The van der Waals surface area contributed by atoms with Gasteiger partial charge < -0.3 is 14.2 Å². The number of ether oxygens (including phenoxy) is 3. The fourth-order valence-electron chi connectivity index (χ4n) is 0.940. The molecule has 0 spiro atoms. The number of methoxy groups -OCH3 is 1. The highest BCUT2D eigenvalue weighted by atomic mass is 16.7. The first-order chi connectivity index (χ1) is 5.81. The van der Waals surface area contributed by atoms with Gasteiger partial charge in [-0.05, 0) is 12.1 Å². The highest BCUT2D eigenvalue weighted by Crippen LogP contribution is 2.34. The first kappa shape index (κ1) is 5.29. The van der Waals surface area contributed by atoms with E-state index in [4.69, 9.17) is 15.6 Å². The number of fused-ring (bicyclic) bond motifs is 1. The molecule has 0 atom stereocenters. The molecule has 0 unspecified atom stereocenters. The molecule has 0 bridgehead atoms. The van der Waals surface area contributed by atoms with Crippen LogP contribution >= 0.6 is 0 Å². The Kier molecular flexibility index (Phi) is 1.13. The van der Waals surface area contributed by atoms with Gasteiger partial charge in [0.25, 0.3) is 0 Å². The van der Waals surface area contributed by atoms with Crippen molar-refractivity contribution in [3.05, 3.63) is 18.2 Å². The predicted octanol–water partition coefficient (Wildman–Crippen LogP) is 1.42. The van der Waals surface area contributed by atoms with Gasteiger partial charge in [0.2, 0.25) is 6.79 Å². The summed E-state index contributed by atoms with van der Waals surface area (Å²) in [5, 5.41) is 0. The molecule has 1 aromatic carbocycles. The molecular weight excluding hydrogens is 144 g/mol. The fraction of sp³-hybridized carbons (Fsp3) is 0.250. The van der Waals surface area contributed by atoms with Gasteiger partial charge in [0.05, 0.1) is 8.48 Å². The molecule has 1 aliphatic heterocycles. The summed E-state index contributed by atoms with van der Waals surface area (Å²) in [6, 6.07) is 3.55. The summed E-state index contributed by atoms with van der Waals surface area (Å²) < 4.78 is 22.6. The molecule has 58 valence electrons. The van der Waals surface area contributed by atoms with E-state index >= 15 is 0 Å². The Bertz CT molecular complexity index is 311. The maximum absolute atomic E-state index is 7.48. The van der Waals surface area contributed by atoms with E-state index in [1.54, 1.807) is 12.1 Å². The molecule has 0 radical (unpaired) electrons. The van der Waals surface area contributed by atoms with Gasteiger partial charge in [-0.3, -0.25) is 0 Å². The van der Waals surface area contributed by atoms with Crippen LogP contribution in [0, 0.1) is 0 Å². The van der Waals surface area contributed by atoms with Crippen LogP contribution in [0.2, 0.25) is 0 Å². The molecule has 3 nitrogen and oxygen atoms in total. The van der Waals surface area contributed by atoms with Crippen molar-refractivity contribution in [3.8, 4) is 17.2 Å². The molecule has 1 aliphatic rings.